The molecule has 2 aliphatic heterocycles. The van der Waals surface area contributed by atoms with E-state index in [9.17, 15) is 19.5 Å². The van der Waals surface area contributed by atoms with Crippen molar-refractivity contribution in [2.45, 2.75) is 54.7 Å². The van der Waals surface area contributed by atoms with E-state index in [-0.39, 0.29) is 22.1 Å². The monoisotopic (exact) mass is 372 g/mol. The maximum atomic E-state index is 12.7. The largest absolute Gasteiger partial charge is 0.477 e. The van der Waals surface area contributed by atoms with Gasteiger partial charge in [0.2, 0.25) is 5.91 Å². The average molecular weight is 373 g/mol. The Balaban J connectivity index is 2.65. The van der Waals surface area contributed by atoms with E-state index in [2.05, 4.69) is 19.6 Å². The second kappa shape index (κ2) is 5.30. The molecule has 0 saturated carbocycles. The molecule has 2 aliphatic rings. The van der Waals surface area contributed by atoms with Crippen LogP contribution in [-0.4, -0.2) is 59.7 Å². The van der Waals surface area contributed by atoms with Crippen LogP contribution in [0.4, 0.5) is 0 Å². The first-order chi connectivity index (χ1) is 10.3. The number of aliphatic carboxylic acids is 1. The molecule has 0 radical (unpaired) electrons. The minimum absolute atomic E-state index is 0.166. The second-order valence-electron chi connectivity index (χ2n) is 8.26. The molecule has 2 unspecified atom stereocenters. The van der Waals surface area contributed by atoms with Gasteiger partial charge in [-0.2, -0.15) is 0 Å². The zero-order valence-corrected chi connectivity index (χ0v) is 17.2. The molecule has 0 aromatic carbocycles. The standard InChI is InChI=1S/C14H24N2O4SSi2/c1-22(2,3)11-8(7-17)9(10(18)19)16-12(20)14(15,13(16)21-11)23(4,5)6/h7,11,13H,15H2,1-6H3,(H,18,19)/t11?,13-,14?/m0/s1. The Labute approximate surface area is 142 Å². The lowest BCUT2D eigenvalue weighted by molar-refractivity contribution is -0.150. The van der Waals surface area contributed by atoms with Crippen LogP contribution >= 0.6 is 11.8 Å². The van der Waals surface area contributed by atoms with Crippen LogP contribution in [0, 0.1) is 0 Å². The van der Waals surface area contributed by atoms with Crippen molar-refractivity contribution in [1.29, 1.82) is 0 Å². The van der Waals surface area contributed by atoms with Crippen LogP contribution in [0.3, 0.4) is 0 Å². The number of thioether (sulfide) groups is 1. The lowest BCUT2D eigenvalue weighted by atomic mass is 10.0. The quantitative estimate of drug-likeness (QED) is 0.438. The summed E-state index contributed by atoms with van der Waals surface area (Å²) in [6.45, 7) is 12.3. The van der Waals surface area contributed by atoms with Crippen LogP contribution in [0.2, 0.25) is 39.3 Å². The predicted molar refractivity (Wildman–Crippen MR) is 96.3 cm³/mol. The second-order valence-corrected chi connectivity index (χ2v) is 20.5. The number of carboxylic acid groups (broad SMARTS) is 1. The van der Waals surface area contributed by atoms with Crippen LogP contribution in [0.5, 0.6) is 0 Å². The number of hydrogen-bond donors (Lipinski definition) is 2. The summed E-state index contributed by atoms with van der Waals surface area (Å²) in [7, 11) is -3.95. The van der Waals surface area contributed by atoms with Crippen LogP contribution in [0.25, 0.3) is 0 Å². The Morgan fingerprint density at radius 3 is 2.17 bits per heavy atom. The van der Waals surface area contributed by atoms with Gasteiger partial charge < -0.3 is 10.8 Å². The molecular weight excluding hydrogens is 348 g/mol. The highest BCUT2D eigenvalue weighted by atomic mass is 32.2. The normalized spacial score (nSPS) is 31.6. The fourth-order valence-electron chi connectivity index (χ4n) is 3.11. The highest BCUT2D eigenvalue weighted by Crippen LogP contribution is 2.52. The van der Waals surface area contributed by atoms with Gasteiger partial charge in [-0.3, -0.25) is 14.5 Å². The van der Waals surface area contributed by atoms with Crippen molar-refractivity contribution in [2.24, 2.45) is 5.73 Å². The molecule has 0 bridgehead atoms. The lowest BCUT2D eigenvalue weighted by Gasteiger charge is -2.61. The molecule has 0 spiro atoms. The highest BCUT2D eigenvalue weighted by molar-refractivity contribution is 8.02. The van der Waals surface area contributed by atoms with Crippen molar-refractivity contribution in [2.75, 3.05) is 0 Å². The van der Waals surface area contributed by atoms with Crippen molar-refractivity contribution < 1.29 is 19.5 Å². The van der Waals surface area contributed by atoms with E-state index in [0.29, 0.717) is 6.29 Å². The number of hydrogen-bond acceptors (Lipinski definition) is 5. The molecular formula is C14H24N2O4SSi2. The van der Waals surface area contributed by atoms with E-state index in [1.807, 2.05) is 19.6 Å². The molecule has 23 heavy (non-hydrogen) atoms. The summed E-state index contributed by atoms with van der Waals surface area (Å²) < 4.78 is 0. The van der Waals surface area contributed by atoms with Gasteiger partial charge in [0.05, 0.1) is 16.1 Å². The third-order valence-corrected chi connectivity index (χ3v) is 13.6. The minimum atomic E-state index is -2.08. The summed E-state index contributed by atoms with van der Waals surface area (Å²) in [5.41, 5.74) is 6.55. The van der Waals surface area contributed by atoms with E-state index < -0.39 is 32.7 Å². The van der Waals surface area contributed by atoms with Crippen molar-refractivity contribution in [1.82, 2.24) is 4.90 Å². The van der Waals surface area contributed by atoms with Gasteiger partial charge in [-0.25, -0.2) is 4.79 Å². The molecule has 0 aliphatic carbocycles. The van der Waals surface area contributed by atoms with Crippen LogP contribution in [-0.2, 0) is 14.4 Å². The average Bonchev–Trinajstić information content (AvgIpc) is 2.40. The number of carboxylic acids is 1. The maximum Gasteiger partial charge on any atom is 0.353 e. The molecule has 1 fully saturated rings. The molecule has 1 amide bonds. The van der Waals surface area contributed by atoms with Gasteiger partial charge in [-0.05, 0) is 0 Å². The zero-order valence-electron chi connectivity index (χ0n) is 14.3. The predicted octanol–water partition coefficient (Wildman–Crippen LogP) is 1.26. The fraction of sp³-hybridized carbons (Fsp3) is 0.643. The summed E-state index contributed by atoms with van der Waals surface area (Å²) in [5.74, 6) is -1.59. The molecule has 3 N–H and O–H groups in total. The van der Waals surface area contributed by atoms with Crippen molar-refractivity contribution in [3.05, 3.63) is 11.3 Å². The fourth-order valence-corrected chi connectivity index (χ4v) is 10.4. The SMILES string of the molecule is C[Si](C)(C)C1S[C@@H]2N(C(=O)C2(N)[Si](C)(C)C)C(C(=O)O)=C1C=O. The number of carbonyl (C=O) groups is 3. The van der Waals surface area contributed by atoms with Crippen LogP contribution in [0.1, 0.15) is 0 Å². The van der Waals surface area contributed by atoms with E-state index in [1.54, 1.807) is 0 Å². The summed E-state index contributed by atoms with van der Waals surface area (Å²) >= 11 is 1.50. The van der Waals surface area contributed by atoms with Crippen molar-refractivity contribution in [3.63, 3.8) is 0 Å². The smallest absolute Gasteiger partial charge is 0.353 e. The van der Waals surface area contributed by atoms with Gasteiger partial charge in [-0.1, -0.05) is 39.3 Å². The van der Waals surface area contributed by atoms with Crippen LogP contribution < -0.4 is 5.73 Å². The summed E-state index contributed by atoms with van der Waals surface area (Å²) in [5, 5.41) is 8.21. The molecule has 0 aromatic heterocycles. The molecule has 2 heterocycles. The summed E-state index contributed by atoms with van der Waals surface area (Å²) in [6.07, 6.45) is 0.605. The van der Waals surface area contributed by atoms with Crippen molar-refractivity contribution in [3.8, 4) is 0 Å². The number of aldehydes is 1. The van der Waals surface area contributed by atoms with E-state index >= 15 is 0 Å². The topological polar surface area (TPSA) is 101 Å². The molecule has 3 atom stereocenters. The Morgan fingerprint density at radius 2 is 1.83 bits per heavy atom. The number of nitrogens with zero attached hydrogens (tertiary/aromatic N) is 1. The Morgan fingerprint density at radius 1 is 1.30 bits per heavy atom. The van der Waals surface area contributed by atoms with Gasteiger partial charge >= 0.3 is 5.97 Å². The van der Waals surface area contributed by atoms with Gasteiger partial charge in [0.25, 0.3) is 0 Å². The van der Waals surface area contributed by atoms with E-state index in [1.165, 1.54) is 16.7 Å². The zero-order chi connectivity index (χ0) is 18.0. The molecule has 1 saturated heterocycles. The van der Waals surface area contributed by atoms with Gasteiger partial charge in [0.1, 0.15) is 22.5 Å². The third kappa shape index (κ3) is 2.44. The molecule has 128 valence electrons. The summed E-state index contributed by atoms with van der Waals surface area (Å²) in [6, 6.07) is 0. The van der Waals surface area contributed by atoms with Crippen LogP contribution in [0.15, 0.2) is 11.3 Å². The number of carbonyl (C=O) groups excluding carboxylic acids is 2. The number of rotatable bonds is 4. The number of fused-ring (bicyclic) bond motifs is 1. The molecule has 2 rings (SSSR count). The third-order valence-electron chi connectivity index (χ3n) is 4.62. The Bertz CT molecular complexity index is 623. The minimum Gasteiger partial charge on any atom is -0.477 e. The van der Waals surface area contributed by atoms with Gasteiger partial charge in [-0.15, -0.1) is 11.8 Å². The van der Waals surface area contributed by atoms with Gasteiger partial charge in [0, 0.05) is 10.4 Å². The first-order valence-electron chi connectivity index (χ1n) is 7.49. The first-order valence-corrected chi connectivity index (χ1v) is 15.5. The van der Waals surface area contributed by atoms with Crippen molar-refractivity contribution >= 4 is 46.1 Å². The molecule has 0 aromatic rings. The number of nitrogens with two attached hydrogens (primary N) is 1. The number of β-lactam (4-membered cyclic amide) rings is 1. The number of amides is 1. The Kier molecular flexibility index (Phi) is 4.25. The highest BCUT2D eigenvalue weighted by Gasteiger charge is 2.69. The summed E-state index contributed by atoms with van der Waals surface area (Å²) in [4.78, 5) is 37.1. The molecule has 9 heteroatoms. The lowest BCUT2D eigenvalue weighted by Crippen LogP contribution is -2.86. The Hall–Kier alpha value is -0.906. The molecule has 6 nitrogen and oxygen atoms in total. The first kappa shape index (κ1) is 18.4. The maximum absolute atomic E-state index is 12.7. The van der Waals surface area contributed by atoms with E-state index in [4.69, 9.17) is 5.73 Å². The van der Waals surface area contributed by atoms with Gasteiger partial charge in [0.15, 0.2) is 0 Å². The van der Waals surface area contributed by atoms with E-state index in [0.717, 1.165) is 0 Å².